The van der Waals surface area contributed by atoms with Crippen molar-refractivity contribution in [1.29, 1.82) is 0 Å². The molecule has 2 saturated heterocycles. The number of Topliss-reactive ketones (excluding diaryl/α,β-unsaturated/α-hetero) is 4. The first-order valence-corrected chi connectivity index (χ1v) is 15.5. The van der Waals surface area contributed by atoms with Crippen LogP contribution in [0.5, 0.6) is 0 Å². The molecule has 0 amide bonds. The maximum absolute atomic E-state index is 12.5. The van der Waals surface area contributed by atoms with E-state index >= 15 is 0 Å². The molecule has 0 aliphatic carbocycles. The zero-order valence-corrected chi connectivity index (χ0v) is 25.1. The number of carboxylic acid groups (broad SMARTS) is 2. The molecule has 2 fully saturated rings. The number of hydrogen-bond acceptors (Lipinski definition) is 10. The van der Waals surface area contributed by atoms with E-state index in [1.807, 2.05) is 0 Å². The summed E-state index contributed by atoms with van der Waals surface area (Å²) in [5.41, 5.74) is 10.6. The Morgan fingerprint density at radius 3 is 1.14 bits per heavy atom. The Labute approximate surface area is 249 Å². The Hall–Kier alpha value is -2.54. The van der Waals surface area contributed by atoms with Crippen molar-refractivity contribution in [1.82, 2.24) is 9.80 Å². The molecule has 0 unspecified atom stereocenters. The minimum Gasteiger partial charge on any atom is -0.481 e. The smallest absolute Gasteiger partial charge is 0.303 e. The van der Waals surface area contributed by atoms with Crippen molar-refractivity contribution >= 4 is 35.1 Å². The van der Waals surface area contributed by atoms with Gasteiger partial charge >= 0.3 is 11.9 Å². The number of carbonyl (C=O) groups is 6. The molecule has 12 heteroatoms. The van der Waals surface area contributed by atoms with Crippen LogP contribution in [-0.2, 0) is 28.8 Å². The molecule has 0 spiro atoms. The van der Waals surface area contributed by atoms with E-state index in [0.29, 0.717) is 64.5 Å². The van der Waals surface area contributed by atoms with Gasteiger partial charge in [-0.1, -0.05) is 38.5 Å². The fourth-order valence-corrected chi connectivity index (χ4v) is 5.28. The van der Waals surface area contributed by atoms with E-state index in [0.717, 1.165) is 25.9 Å². The molecule has 0 bridgehead atoms. The van der Waals surface area contributed by atoms with Crippen LogP contribution >= 0.6 is 0 Å². The van der Waals surface area contributed by atoms with Crippen molar-refractivity contribution in [2.24, 2.45) is 23.3 Å². The van der Waals surface area contributed by atoms with E-state index in [9.17, 15) is 28.8 Å². The maximum atomic E-state index is 12.5. The Bertz CT molecular complexity index is 775. The highest BCUT2D eigenvalue weighted by molar-refractivity contribution is 6.06. The lowest BCUT2D eigenvalue weighted by atomic mass is 9.88. The summed E-state index contributed by atoms with van der Waals surface area (Å²) in [4.78, 5) is 74.4. The summed E-state index contributed by atoms with van der Waals surface area (Å²) in [5, 5.41) is 17.3. The van der Waals surface area contributed by atoms with Gasteiger partial charge in [0.05, 0.1) is 38.0 Å². The summed E-state index contributed by atoms with van der Waals surface area (Å²) in [7, 11) is 0. The molecule has 2 aliphatic heterocycles. The molecule has 0 radical (unpaired) electrons. The molecular formula is C30H52N4O8. The molecule has 2 aliphatic rings. The summed E-state index contributed by atoms with van der Waals surface area (Å²) in [5.74, 6) is -3.41. The van der Waals surface area contributed by atoms with Crippen molar-refractivity contribution < 1.29 is 39.0 Å². The third kappa shape index (κ3) is 16.2. The van der Waals surface area contributed by atoms with Crippen LogP contribution in [0.1, 0.15) is 89.9 Å². The van der Waals surface area contributed by atoms with E-state index in [2.05, 4.69) is 0 Å². The van der Waals surface area contributed by atoms with Crippen molar-refractivity contribution in [2.45, 2.75) is 89.9 Å². The van der Waals surface area contributed by atoms with Crippen LogP contribution in [0.25, 0.3) is 0 Å². The highest BCUT2D eigenvalue weighted by Crippen LogP contribution is 2.20. The predicted octanol–water partition coefficient (Wildman–Crippen LogP) is 1.66. The van der Waals surface area contributed by atoms with Crippen LogP contribution in [0.4, 0.5) is 0 Å². The highest BCUT2D eigenvalue weighted by atomic mass is 16.4. The van der Waals surface area contributed by atoms with Crippen molar-refractivity contribution in [2.75, 3.05) is 52.4 Å². The average Bonchev–Trinajstić information content (AvgIpc) is 2.92. The summed E-state index contributed by atoms with van der Waals surface area (Å²) >= 11 is 0. The minimum absolute atomic E-state index is 0.0926. The zero-order chi connectivity index (χ0) is 31.3. The number of likely N-dealkylation sites (tertiary alicyclic amines) is 2. The largest absolute Gasteiger partial charge is 0.481 e. The van der Waals surface area contributed by atoms with Gasteiger partial charge < -0.3 is 21.7 Å². The second-order valence-electron chi connectivity index (χ2n) is 11.4. The SMILES string of the molecule is NCCCCCCN.O=C(O)CCCCCC1C(=O)CN(CCN2CC(=O)C(CCCCCC(=O)O)C(=O)C2)CC1=O. The van der Waals surface area contributed by atoms with Gasteiger partial charge in [-0.3, -0.25) is 38.6 Å². The second-order valence-corrected chi connectivity index (χ2v) is 11.4. The van der Waals surface area contributed by atoms with Crippen molar-refractivity contribution in [3.05, 3.63) is 0 Å². The average molecular weight is 597 g/mol. The Kier molecular flexibility index (Phi) is 19.7. The van der Waals surface area contributed by atoms with Gasteiger partial charge in [0.2, 0.25) is 0 Å². The van der Waals surface area contributed by atoms with Crippen LogP contribution in [0, 0.1) is 11.8 Å². The number of carbonyl (C=O) groups excluding carboxylic acids is 4. The van der Waals surface area contributed by atoms with Crippen molar-refractivity contribution in [3.63, 3.8) is 0 Å². The van der Waals surface area contributed by atoms with Gasteiger partial charge in [0.15, 0.2) is 23.1 Å². The quantitative estimate of drug-likeness (QED) is 0.117. The van der Waals surface area contributed by atoms with Gasteiger partial charge in [0, 0.05) is 25.9 Å². The number of nitrogens with two attached hydrogens (primary N) is 2. The topological polar surface area (TPSA) is 201 Å². The number of rotatable bonds is 20. The lowest BCUT2D eigenvalue weighted by Gasteiger charge is -2.34. The number of unbranched alkanes of at least 4 members (excludes halogenated alkanes) is 7. The molecule has 6 N–H and O–H groups in total. The molecule has 42 heavy (non-hydrogen) atoms. The zero-order valence-electron chi connectivity index (χ0n) is 25.1. The lowest BCUT2D eigenvalue weighted by molar-refractivity contribution is -0.142. The number of carboxylic acids is 2. The molecule has 2 rings (SSSR count). The van der Waals surface area contributed by atoms with E-state index < -0.39 is 23.8 Å². The van der Waals surface area contributed by atoms with Crippen LogP contribution in [0.15, 0.2) is 0 Å². The monoisotopic (exact) mass is 596 g/mol. The lowest BCUT2D eigenvalue weighted by Crippen LogP contribution is -2.52. The summed E-state index contributed by atoms with van der Waals surface area (Å²) in [6.45, 7) is 3.16. The van der Waals surface area contributed by atoms with E-state index in [1.54, 1.807) is 9.80 Å². The predicted molar refractivity (Wildman–Crippen MR) is 158 cm³/mol. The first-order valence-electron chi connectivity index (χ1n) is 15.5. The first-order chi connectivity index (χ1) is 20.1. The molecule has 0 aromatic rings. The molecule has 2 heterocycles. The molecule has 12 nitrogen and oxygen atoms in total. The maximum Gasteiger partial charge on any atom is 0.303 e. The number of ketones is 4. The number of hydrogen-bond donors (Lipinski definition) is 4. The molecule has 0 aromatic heterocycles. The Morgan fingerprint density at radius 1 is 0.548 bits per heavy atom. The van der Waals surface area contributed by atoms with Crippen LogP contribution in [0.3, 0.4) is 0 Å². The number of nitrogens with zero attached hydrogens (tertiary/aromatic N) is 2. The molecular weight excluding hydrogens is 544 g/mol. The van der Waals surface area contributed by atoms with E-state index in [4.69, 9.17) is 21.7 Å². The van der Waals surface area contributed by atoms with Crippen LogP contribution in [0.2, 0.25) is 0 Å². The second kappa shape index (κ2) is 22.1. The van der Waals surface area contributed by atoms with Crippen molar-refractivity contribution in [3.8, 4) is 0 Å². The van der Waals surface area contributed by atoms with E-state index in [-0.39, 0.29) is 62.2 Å². The minimum atomic E-state index is -0.846. The summed E-state index contributed by atoms with van der Waals surface area (Å²) < 4.78 is 0. The molecule has 0 aromatic carbocycles. The van der Waals surface area contributed by atoms with Gasteiger partial charge in [-0.05, 0) is 51.6 Å². The van der Waals surface area contributed by atoms with Gasteiger partial charge in [0.25, 0.3) is 0 Å². The Balaban J connectivity index is 0.000000962. The molecule has 0 atom stereocenters. The fourth-order valence-electron chi connectivity index (χ4n) is 5.28. The van der Waals surface area contributed by atoms with Gasteiger partial charge in [0.1, 0.15) is 0 Å². The summed E-state index contributed by atoms with van der Waals surface area (Å²) in [6, 6.07) is 0. The fraction of sp³-hybridized carbons (Fsp3) is 0.800. The van der Waals surface area contributed by atoms with Gasteiger partial charge in [-0.2, -0.15) is 0 Å². The first kappa shape index (κ1) is 37.5. The molecule has 0 saturated carbocycles. The van der Waals surface area contributed by atoms with Crippen LogP contribution in [-0.4, -0.2) is 107 Å². The van der Waals surface area contributed by atoms with Gasteiger partial charge in [-0.15, -0.1) is 0 Å². The number of piperidine rings is 2. The molecule has 240 valence electrons. The van der Waals surface area contributed by atoms with Crippen LogP contribution < -0.4 is 11.5 Å². The highest BCUT2D eigenvalue weighted by Gasteiger charge is 2.36. The van der Waals surface area contributed by atoms with E-state index in [1.165, 1.54) is 12.8 Å². The third-order valence-corrected chi connectivity index (χ3v) is 7.73. The number of aliphatic carboxylic acids is 2. The summed E-state index contributed by atoms with van der Waals surface area (Å²) in [6.07, 6.45) is 9.61. The normalized spacial score (nSPS) is 17.4. The standard InChI is InChI=1S/C24H36N2O8.C6H16N2/c27-19-13-25(14-20(28)17(19)7-3-1-5-9-23(31)32)11-12-26-15-21(29)18(22(30)16-26)8-4-2-6-10-24(33)34;7-5-3-1-2-4-6-8/h17-18H,1-16H2,(H,31,32)(H,33,34);1-8H2. The van der Waals surface area contributed by atoms with Gasteiger partial charge in [-0.25, -0.2) is 0 Å². The third-order valence-electron chi connectivity index (χ3n) is 7.73. The Morgan fingerprint density at radius 2 is 0.857 bits per heavy atom.